The van der Waals surface area contributed by atoms with Crippen molar-refractivity contribution in [2.24, 2.45) is 0 Å². The number of aromatic nitrogens is 1. The molecule has 0 fully saturated rings. The Bertz CT molecular complexity index is 600. The van der Waals surface area contributed by atoms with Gasteiger partial charge in [-0.3, -0.25) is 9.78 Å². The molecule has 1 amide bonds. The van der Waals surface area contributed by atoms with Crippen molar-refractivity contribution >= 4 is 11.6 Å². The fraction of sp³-hybridized carbons (Fsp3) is 0.250. The molecule has 0 aliphatic heterocycles. The summed E-state index contributed by atoms with van der Waals surface area (Å²) in [7, 11) is 1.56. The van der Waals surface area contributed by atoms with Crippen LogP contribution in [0.5, 0.6) is 5.75 Å². The van der Waals surface area contributed by atoms with Crippen LogP contribution in [0.2, 0.25) is 0 Å². The van der Waals surface area contributed by atoms with Gasteiger partial charge >= 0.3 is 0 Å². The quantitative estimate of drug-likeness (QED) is 0.855. The first-order chi connectivity index (χ1) is 10.2. The Hall–Kier alpha value is -2.56. The third-order valence-corrected chi connectivity index (χ3v) is 3.03. The van der Waals surface area contributed by atoms with Gasteiger partial charge in [0.25, 0.3) is 5.91 Å². The first kappa shape index (κ1) is 14.8. The van der Waals surface area contributed by atoms with Crippen LogP contribution in [0.25, 0.3) is 0 Å². The van der Waals surface area contributed by atoms with E-state index in [1.807, 2.05) is 25.1 Å². The molecule has 2 N–H and O–H groups in total. The molecule has 0 bridgehead atoms. The number of rotatable bonds is 6. The van der Waals surface area contributed by atoms with Crippen LogP contribution in [0, 0.1) is 0 Å². The number of hydrogen-bond acceptors (Lipinski definition) is 4. The Morgan fingerprint density at radius 2 is 2.00 bits per heavy atom. The Morgan fingerprint density at radius 1 is 1.24 bits per heavy atom. The largest absolute Gasteiger partial charge is 0.496 e. The number of hydrogen-bond donors (Lipinski definition) is 2. The fourth-order valence-electron chi connectivity index (χ4n) is 1.98. The predicted molar refractivity (Wildman–Crippen MR) is 82.6 cm³/mol. The summed E-state index contributed by atoms with van der Waals surface area (Å²) >= 11 is 0. The van der Waals surface area contributed by atoms with E-state index in [9.17, 15) is 4.79 Å². The van der Waals surface area contributed by atoms with E-state index in [1.165, 1.54) is 0 Å². The fourth-order valence-corrected chi connectivity index (χ4v) is 1.98. The van der Waals surface area contributed by atoms with Crippen LogP contribution in [0.1, 0.15) is 22.8 Å². The van der Waals surface area contributed by atoms with Crippen molar-refractivity contribution in [1.82, 2.24) is 10.3 Å². The van der Waals surface area contributed by atoms with E-state index in [2.05, 4.69) is 15.6 Å². The minimum atomic E-state index is -0.164. The molecule has 0 radical (unpaired) electrons. The van der Waals surface area contributed by atoms with E-state index in [0.29, 0.717) is 17.9 Å². The van der Waals surface area contributed by atoms with Crippen molar-refractivity contribution in [3.63, 3.8) is 0 Å². The summed E-state index contributed by atoms with van der Waals surface area (Å²) < 4.78 is 5.25. The Balaban J connectivity index is 2.11. The number of nitrogens with one attached hydrogen (secondary N) is 2. The number of amides is 1. The van der Waals surface area contributed by atoms with E-state index in [4.69, 9.17) is 4.74 Å². The van der Waals surface area contributed by atoms with Crippen molar-refractivity contribution < 1.29 is 9.53 Å². The lowest BCUT2D eigenvalue weighted by Gasteiger charge is -2.12. The smallest absolute Gasteiger partial charge is 0.255 e. The van der Waals surface area contributed by atoms with Gasteiger partial charge < -0.3 is 15.4 Å². The van der Waals surface area contributed by atoms with Crippen molar-refractivity contribution in [3.8, 4) is 5.75 Å². The summed E-state index contributed by atoms with van der Waals surface area (Å²) in [4.78, 5) is 16.3. The monoisotopic (exact) mass is 285 g/mol. The molecule has 0 atom stereocenters. The van der Waals surface area contributed by atoms with E-state index >= 15 is 0 Å². The lowest BCUT2D eigenvalue weighted by atomic mass is 10.1. The van der Waals surface area contributed by atoms with Gasteiger partial charge in [-0.2, -0.15) is 0 Å². The molecule has 0 aliphatic rings. The van der Waals surface area contributed by atoms with Crippen LogP contribution in [-0.2, 0) is 6.54 Å². The first-order valence-corrected chi connectivity index (χ1v) is 6.83. The van der Waals surface area contributed by atoms with Gasteiger partial charge in [0.15, 0.2) is 0 Å². The molecule has 5 nitrogen and oxygen atoms in total. The summed E-state index contributed by atoms with van der Waals surface area (Å²) in [5.74, 6) is 0.396. The van der Waals surface area contributed by atoms with Gasteiger partial charge in [-0.1, -0.05) is 0 Å². The Labute approximate surface area is 124 Å². The lowest BCUT2D eigenvalue weighted by molar-refractivity contribution is 0.0948. The summed E-state index contributed by atoms with van der Waals surface area (Å²) in [6.07, 6.45) is 3.40. The van der Waals surface area contributed by atoms with Crippen molar-refractivity contribution in [2.45, 2.75) is 13.5 Å². The van der Waals surface area contributed by atoms with Gasteiger partial charge in [0.2, 0.25) is 0 Å². The highest BCUT2D eigenvalue weighted by molar-refractivity contribution is 5.97. The molecule has 2 rings (SSSR count). The van der Waals surface area contributed by atoms with Gasteiger partial charge in [-0.15, -0.1) is 0 Å². The third kappa shape index (κ3) is 3.95. The van der Waals surface area contributed by atoms with E-state index in [1.54, 1.807) is 31.6 Å². The lowest BCUT2D eigenvalue weighted by Crippen LogP contribution is -2.23. The maximum absolute atomic E-state index is 12.3. The average molecular weight is 285 g/mol. The number of methoxy groups -OCH3 is 1. The summed E-state index contributed by atoms with van der Waals surface area (Å²) in [5.41, 5.74) is 2.41. The van der Waals surface area contributed by atoms with Crippen molar-refractivity contribution in [3.05, 3.63) is 53.9 Å². The average Bonchev–Trinajstić information content (AvgIpc) is 2.54. The molecule has 0 unspecified atom stereocenters. The number of ether oxygens (including phenoxy) is 1. The molecular weight excluding hydrogens is 266 g/mol. The van der Waals surface area contributed by atoms with Crippen LogP contribution in [0.4, 0.5) is 5.69 Å². The highest BCUT2D eigenvalue weighted by Crippen LogP contribution is 2.22. The first-order valence-electron chi connectivity index (χ1n) is 6.83. The Morgan fingerprint density at radius 3 is 2.67 bits per heavy atom. The van der Waals surface area contributed by atoms with Gasteiger partial charge in [0, 0.05) is 31.2 Å². The Kier molecular flexibility index (Phi) is 5.15. The highest BCUT2D eigenvalue weighted by Gasteiger charge is 2.12. The number of benzene rings is 1. The predicted octanol–water partition coefficient (Wildman–Crippen LogP) is 2.45. The van der Waals surface area contributed by atoms with Gasteiger partial charge in [-0.25, -0.2) is 0 Å². The molecule has 1 aromatic carbocycles. The number of anilines is 1. The zero-order valence-electron chi connectivity index (χ0n) is 12.2. The second-order valence-electron chi connectivity index (χ2n) is 4.48. The molecule has 0 aliphatic carbocycles. The van der Waals surface area contributed by atoms with E-state index in [-0.39, 0.29) is 5.91 Å². The molecule has 5 heteroatoms. The van der Waals surface area contributed by atoms with E-state index in [0.717, 1.165) is 17.8 Å². The normalized spacial score (nSPS) is 10.0. The van der Waals surface area contributed by atoms with Crippen molar-refractivity contribution in [1.29, 1.82) is 0 Å². The van der Waals surface area contributed by atoms with Crippen molar-refractivity contribution in [2.75, 3.05) is 19.0 Å². The van der Waals surface area contributed by atoms with Crippen LogP contribution in [0.3, 0.4) is 0 Å². The van der Waals surface area contributed by atoms with Crippen LogP contribution < -0.4 is 15.4 Å². The number of carbonyl (C=O) groups excluding carboxylic acids is 1. The number of carbonyl (C=O) groups is 1. The van der Waals surface area contributed by atoms with Crippen LogP contribution in [-0.4, -0.2) is 24.5 Å². The molecule has 0 spiro atoms. The second kappa shape index (κ2) is 7.28. The SMILES string of the molecule is CCNc1ccc(OC)c(C(=O)NCc2ccncc2)c1. The molecule has 1 aromatic heterocycles. The van der Waals surface area contributed by atoms with Crippen LogP contribution in [0.15, 0.2) is 42.7 Å². The molecule has 1 heterocycles. The standard InChI is InChI=1S/C16H19N3O2/c1-3-18-13-4-5-15(21-2)14(10-13)16(20)19-11-12-6-8-17-9-7-12/h4-10,18H,3,11H2,1-2H3,(H,19,20). The molecule has 2 aromatic rings. The summed E-state index contributed by atoms with van der Waals surface area (Å²) in [6.45, 7) is 3.26. The minimum absolute atomic E-state index is 0.164. The zero-order chi connectivity index (χ0) is 15.1. The molecular formula is C16H19N3O2. The third-order valence-electron chi connectivity index (χ3n) is 3.03. The molecule has 110 valence electrons. The zero-order valence-corrected chi connectivity index (χ0v) is 12.2. The topological polar surface area (TPSA) is 63.2 Å². The van der Waals surface area contributed by atoms with Crippen LogP contribution >= 0.6 is 0 Å². The van der Waals surface area contributed by atoms with Gasteiger partial charge in [-0.05, 0) is 42.8 Å². The highest BCUT2D eigenvalue weighted by atomic mass is 16.5. The van der Waals surface area contributed by atoms with Gasteiger partial charge in [0.05, 0.1) is 12.7 Å². The van der Waals surface area contributed by atoms with E-state index < -0.39 is 0 Å². The minimum Gasteiger partial charge on any atom is -0.496 e. The summed E-state index contributed by atoms with van der Waals surface area (Å²) in [6, 6.07) is 9.21. The second-order valence-corrected chi connectivity index (χ2v) is 4.48. The number of pyridine rings is 1. The molecule has 0 saturated carbocycles. The molecule has 21 heavy (non-hydrogen) atoms. The maximum atomic E-state index is 12.3. The number of nitrogens with zero attached hydrogens (tertiary/aromatic N) is 1. The summed E-state index contributed by atoms with van der Waals surface area (Å²) in [5, 5.41) is 6.07. The molecule has 0 saturated heterocycles. The van der Waals surface area contributed by atoms with Gasteiger partial charge in [0.1, 0.15) is 5.75 Å². The maximum Gasteiger partial charge on any atom is 0.255 e.